The fourth-order valence-electron chi connectivity index (χ4n) is 3.88. The maximum Gasteiger partial charge on any atom is 0.407 e. The lowest BCUT2D eigenvalue weighted by molar-refractivity contribution is 0.0521. The van der Waals surface area contributed by atoms with Crippen molar-refractivity contribution in [3.8, 4) is 5.75 Å². The number of carbonyl (C=O) groups is 1. The van der Waals surface area contributed by atoms with Crippen LogP contribution in [0.3, 0.4) is 0 Å². The zero-order valence-corrected chi connectivity index (χ0v) is 17.8. The third-order valence-electron chi connectivity index (χ3n) is 5.34. The van der Waals surface area contributed by atoms with Crippen molar-refractivity contribution in [3.63, 3.8) is 0 Å². The van der Waals surface area contributed by atoms with Gasteiger partial charge in [-0.2, -0.15) is 0 Å². The molecular weight excluding hydrogens is 373 g/mol. The van der Waals surface area contributed by atoms with E-state index in [9.17, 15) is 9.18 Å². The molecule has 158 valence electrons. The van der Waals surface area contributed by atoms with Crippen LogP contribution in [0, 0.1) is 5.92 Å². The number of ether oxygens (including phenoxy) is 3. The van der Waals surface area contributed by atoms with Gasteiger partial charge in [-0.15, -0.1) is 0 Å². The summed E-state index contributed by atoms with van der Waals surface area (Å²) >= 11 is 0. The van der Waals surface area contributed by atoms with Gasteiger partial charge in [-0.1, -0.05) is 19.1 Å². The molecule has 0 bridgehead atoms. The summed E-state index contributed by atoms with van der Waals surface area (Å²) in [6, 6.07) is 5.99. The lowest BCUT2D eigenvalue weighted by atomic mass is 9.80. The molecule has 1 aliphatic heterocycles. The van der Waals surface area contributed by atoms with Crippen LogP contribution in [-0.2, 0) is 9.47 Å². The van der Waals surface area contributed by atoms with E-state index >= 15 is 0 Å². The van der Waals surface area contributed by atoms with Crippen molar-refractivity contribution in [2.75, 3.05) is 20.3 Å². The molecule has 2 unspecified atom stereocenters. The van der Waals surface area contributed by atoms with Crippen LogP contribution in [0.5, 0.6) is 5.75 Å². The molecule has 2 aliphatic rings. The second-order valence-corrected chi connectivity index (χ2v) is 8.61. The normalized spacial score (nSPS) is 23.9. The topological polar surface area (TPSA) is 56.8 Å². The number of amides is 1. The molecule has 1 aromatic carbocycles. The van der Waals surface area contributed by atoms with Crippen LogP contribution in [0.25, 0.3) is 0 Å². The molecular formula is C23H30FNO4. The number of nitrogens with one attached hydrogen (secondary N) is 1. The van der Waals surface area contributed by atoms with E-state index in [4.69, 9.17) is 14.2 Å². The van der Waals surface area contributed by atoms with Gasteiger partial charge in [0, 0.05) is 18.4 Å². The molecule has 1 amide bonds. The first-order valence-corrected chi connectivity index (χ1v) is 10.0. The summed E-state index contributed by atoms with van der Waals surface area (Å²) in [4.78, 5) is 12.0. The Labute approximate surface area is 171 Å². The van der Waals surface area contributed by atoms with Crippen molar-refractivity contribution in [2.24, 2.45) is 5.92 Å². The highest BCUT2D eigenvalue weighted by Crippen LogP contribution is 2.43. The molecule has 5 nitrogen and oxygen atoms in total. The van der Waals surface area contributed by atoms with Crippen molar-refractivity contribution in [1.29, 1.82) is 0 Å². The molecule has 0 saturated heterocycles. The highest BCUT2D eigenvalue weighted by atomic mass is 19.1. The van der Waals surface area contributed by atoms with Gasteiger partial charge in [0.25, 0.3) is 0 Å². The van der Waals surface area contributed by atoms with Gasteiger partial charge < -0.3 is 19.5 Å². The summed E-state index contributed by atoms with van der Waals surface area (Å²) in [5, 5.41) is 2.85. The van der Waals surface area contributed by atoms with Crippen LogP contribution in [-0.4, -0.2) is 32.0 Å². The van der Waals surface area contributed by atoms with Crippen LogP contribution in [0.1, 0.15) is 57.1 Å². The summed E-state index contributed by atoms with van der Waals surface area (Å²) in [5.74, 6) is 0.993. The zero-order valence-electron chi connectivity index (χ0n) is 17.8. The number of allylic oxidation sites excluding steroid dienone is 4. The Morgan fingerprint density at radius 3 is 2.76 bits per heavy atom. The third kappa shape index (κ3) is 4.92. The highest BCUT2D eigenvalue weighted by molar-refractivity contribution is 5.67. The van der Waals surface area contributed by atoms with E-state index in [1.807, 2.05) is 45.9 Å². The smallest absolute Gasteiger partial charge is 0.407 e. The highest BCUT2D eigenvalue weighted by Gasteiger charge is 2.32. The molecule has 3 rings (SSSR count). The van der Waals surface area contributed by atoms with E-state index in [0.717, 1.165) is 29.1 Å². The average Bonchev–Trinajstić information content (AvgIpc) is 2.66. The van der Waals surface area contributed by atoms with E-state index < -0.39 is 11.7 Å². The van der Waals surface area contributed by atoms with Crippen molar-refractivity contribution in [3.05, 3.63) is 53.1 Å². The van der Waals surface area contributed by atoms with E-state index in [1.165, 1.54) is 6.08 Å². The van der Waals surface area contributed by atoms with E-state index in [1.54, 1.807) is 13.2 Å². The minimum Gasteiger partial charge on any atom is -0.500 e. The number of rotatable bonds is 4. The second kappa shape index (κ2) is 8.47. The molecule has 0 saturated carbocycles. The third-order valence-corrected chi connectivity index (χ3v) is 5.34. The van der Waals surface area contributed by atoms with Crippen molar-refractivity contribution in [2.45, 2.75) is 51.6 Å². The van der Waals surface area contributed by atoms with Gasteiger partial charge in [0.15, 0.2) is 0 Å². The zero-order chi connectivity index (χ0) is 21.2. The lowest BCUT2D eigenvalue weighted by Crippen LogP contribution is -2.35. The van der Waals surface area contributed by atoms with Gasteiger partial charge in [-0.25, -0.2) is 9.18 Å². The molecule has 0 aromatic heterocycles. The lowest BCUT2D eigenvalue weighted by Gasteiger charge is -2.31. The van der Waals surface area contributed by atoms with Crippen LogP contribution in [0.15, 0.2) is 41.9 Å². The van der Waals surface area contributed by atoms with Gasteiger partial charge in [0.2, 0.25) is 0 Å². The molecule has 1 aliphatic carbocycles. The van der Waals surface area contributed by atoms with Crippen LogP contribution >= 0.6 is 0 Å². The quantitative estimate of drug-likeness (QED) is 0.751. The molecule has 6 heteroatoms. The summed E-state index contributed by atoms with van der Waals surface area (Å²) in [6.45, 7) is 8.42. The SMILES string of the molecule is COC1=CC=C(F)C(C)C1c1ccc2c(c1)OCC[C@H]2CNC(=O)OC(C)(C)C. The molecule has 1 heterocycles. The summed E-state index contributed by atoms with van der Waals surface area (Å²) in [7, 11) is 1.61. The van der Waals surface area contributed by atoms with Crippen LogP contribution < -0.4 is 10.1 Å². The van der Waals surface area contributed by atoms with Gasteiger partial charge >= 0.3 is 6.09 Å². The number of halogens is 1. The predicted molar refractivity (Wildman–Crippen MR) is 110 cm³/mol. The number of methoxy groups -OCH3 is 1. The minimum atomic E-state index is -0.528. The summed E-state index contributed by atoms with van der Waals surface area (Å²) in [6.07, 6.45) is 3.54. The van der Waals surface area contributed by atoms with E-state index in [-0.39, 0.29) is 23.6 Å². The number of carbonyl (C=O) groups excluding carboxylic acids is 1. The van der Waals surface area contributed by atoms with E-state index in [2.05, 4.69) is 5.32 Å². The molecule has 0 fully saturated rings. The summed E-state index contributed by atoms with van der Waals surface area (Å²) in [5.41, 5.74) is 1.46. The first-order chi connectivity index (χ1) is 13.7. The Morgan fingerprint density at radius 1 is 1.31 bits per heavy atom. The van der Waals surface area contributed by atoms with Crippen LogP contribution in [0.2, 0.25) is 0 Å². The number of benzene rings is 1. The Bertz CT molecular complexity index is 825. The molecule has 29 heavy (non-hydrogen) atoms. The molecule has 0 radical (unpaired) electrons. The average molecular weight is 403 g/mol. The maximum atomic E-state index is 14.2. The Morgan fingerprint density at radius 2 is 2.07 bits per heavy atom. The Kier molecular flexibility index (Phi) is 6.20. The maximum absolute atomic E-state index is 14.2. The first kappa shape index (κ1) is 21.2. The van der Waals surface area contributed by atoms with Gasteiger partial charge in [0.1, 0.15) is 22.9 Å². The Balaban J connectivity index is 1.77. The first-order valence-electron chi connectivity index (χ1n) is 10.0. The summed E-state index contributed by atoms with van der Waals surface area (Å²) < 4.78 is 30.9. The number of alkyl carbamates (subject to hydrolysis) is 1. The van der Waals surface area contributed by atoms with Gasteiger partial charge in [0.05, 0.1) is 19.6 Å². The second-order valence-electron chi connectivity index (χ2n) is 8.61. The monoisotopic (exact) mass is 403 g/mol. The van der Waals surface area contributed by atoms with Gasteiger partial charge in [-0.3, -0.25) is 0 Å². The fourth-order valence-corrected chi connectivity index (χ4v) is 3.88. The van der Waals surface area contributed by atoms with Crippen LogP contribution in [0.4, 0.5) is 9.18 Å². The number of hydrogen-bond acceptors (Lipinski definition) is 4. The predicted octanol–water partition coefficient (Wildman–Crippen LogP) is 5.19. The Hall–Kier alpha value is -2.50. The molecule has 3 atom stereocenters. The minimum absolute atomic E-state index is 0.137. The van der Waals surface area contributed by atoms with Crippen molar-refractivity contribution < 1.29 is 23.4 Å². The molecule has 1 aromatic rings. The van der Waals surface area contributed by atoms with E-state index in [0.29, 0.717) is 13.2 Å². The fraction of sp³-hybridized carbons (Fsp3) is 0.522. The van der Waals surface area contributed by atoms with Crippen molar-refractivity contribution >= 4 is 6.09 Å². The number of hydrogen-bond donors (Lipinski definition) is 1. The number of fused-ring (bicyclic) bond motifs is 1. The molecule has 0 spiro atoms. The largest absolute Gasteiger partial charge is 0.500 e. The standard InChI is InChI=1S/C23H30FNO4/c1-14-18(24)8-9-19(27-5)21(14)15-6-7-17-16(10-11-28-20(17)12-15)13-25-22(26)29-23(2,3)4/h6-9,12,14,16,21H,10-11,13H2,1-5H3,(H,25,26)/t14?,16-,21?/m0/s1. The van der Waals surface area contributed by atoms with Gasteiger partial charge in [-0.05, 0) is 56.5 Å². The molecule has 1 N–H and O–H groups in total. The van der Waals surface area contributed by atoms with Crippen molar-refractivity contribution in [1.82, 2.24) is 5.32 Å².